The lowest BCUT2D eigenvalue weighted by molar-refractivity contribution is -0.124. The first-order valence-corrected chi connectivity index (χ1v) is 13.5. The molecular formula is C25H32N6O2S. The zero-order valence-corrected chi connectivity index (χ0v) is 20.2. The van der Waals surface area contributed by atoms with Gasteiger partial charge in [0, 0.05) is 24.3 Å². The molecule has 0 atom stereocenters. The van der Waals surface area contributed by atoms with Gasteiger partial charge in [-0.25, -0.2) is 0 Å². The summed E-state index contributed by atoms with van der Waals surface area (Å²) in [6.45, 7) is 2.79. The molecule has 4 aliphatic carbocycles. The third-order valence-corrected chi connectivity index (χ3v) is 8.55. The Morgan fingerprint density at radius 2 is 1.68 bits per heavy atom. The Morgan fingerprint density at radius 3 is 2.35 bits per heavy atom. The quantitative estimate of drug-likeness (QED) is 0.581. The Hall–Kier alpha value is -2.39. The van der Waals surface area contributed by atoms with Crippen LogP contribution < -0.4 is 15.5 Å². The minimum atomic E-state index is 0.0322. The van der Waals surface area contributed by atoms with E-state index in [2.05, 4.69) is 30.5 Å². The number of nitrogens with zero attached hydrogens (tertiary/aromatic N) is 4. The van der Waals surface area contributed by atoms with Gasteiger partial charge in [-0.15, -0.1) is 0 Å². The molecule has 9 heteroatoms. The molecule has 4 bridgehead atoms. The first kappa shape index (κ1) is 22.1. The SMILES string of the molecule is O=C(CSc1nc(Nc2ccccc2)nc(N2CCOCC2)n1)NC12CC3CC(CC(C3)C1)C2. The molecule has 2 N–H and O–H groups in total. The van der Waals surface area contributed by atoms with E-state index in [1.165, 1.54) is 31.0 Å². The number of carbonyl (C=O) groups is 1. The predicted octanol–water partition coefficient (Wildman–Crippen LogP) is 3.63. The number of para-hydroxylation sites is 1. The van der Waals surface area contributed by atoms with E-state index in [1.807, 2.05) is 30.3 Å². The van der Waals surface area contributed by atoms with Crippen LogP contribution in [0.2, 0.25) is 0 Å². The summed E-state index contributed by atoms with van der Waals surface area (Å²) in [4.78, 5) is 29.1. The van der Waals surface area contributed by atoms with Crippen molar-refractivity contribution in [1.29, 1.82) is 0 Å². The molecule has 180 valence electrons. The fraction of sp³-hybridized carbons (Fsp3) is 0.600. The highest BCUT2D eigenvalue weighted by atomic mass is 32.2. The molecule has 0 radical (unpaired) electrons. The largest absolute Gasteiger partial charge is 0.378 e. The molecule has 1 aromatic heterocycles. The number of benzene rings is 1. The molecule has 34 heavy (non-hydrogen) atoms. The highest BCUT2D eigenvalue weighted by Gasteiger charge is 2.51. The number of aromatic nitrogens is 3. The molecule has 0 spiro atoms. The average molecular weight is 481 g/mol. The van der Waals surface area contributed by atoms with Crippen LogP contribution in [0.15, 0.2) is 35.5 Å². The lowest BCUT2D eigenvalue weighted by atomic mass is 9.53. The van der Waals surface area contributed by atoms with Crippen molar-refractivity contribution in [3.8, 4) is 0 Å². The molecule has 5 aliphatic rings. The van der Waals surface area contributed by atoms with Crippen molar-refractivity contribution in [2.24, 2.45) is 17.8 Å². The van der Waals surface area contributed by atoms with Gasteiger partial charge in [-0.3, -0.25) is 4.79 Å². The number of anilines is 3. The first-order chi connectivity index (χ1) is 16.6. The highest BCUT2D eigenvalue weighted by molar-refractivity contribution is 7.99. The van der Waals surface area contributed by atoms with Gasteiger partial charge in [0.15, 0.2) is 5.16 Å². The van der Waals surface area contributed by atoms with Crippen molar-refractivity contribution in [3.63, 3.8) is 0 Å². The molecule has 0 unspecified atom stereocenters. The minimum absolute atomic E-state index is 0.0322. The van der Waals surface area contributed by atoms with Crippen LogP contribution in [0.5, 0.6) is 0 Å². The number of rotatable bonds is 7. The Labute approximate surface area is 204 Å². The Bertz CT molecular complexity index is 994. The van der Waals surface area contributed by atoms with Gasteiger partial charge in [0.25, 0.3) is 0 Å². The minimum Gasteiger partial charge on any atom is -0.378 e. The maximum absolute atomic E-state index is 13.0. The number of carbonyl (C=O) groups excluding carboxylic acids is 1. The van der Waals surface area contributed by atoms with Gasteiger partial charge >= 0.3 is 0 Å². The summed E-state index contributed by atoms with van der Waals surface area (Å²) < 4.78 is 5.48. The van der Waals surface area contributed by atoms with Crippen molar-refractivity contribution >= 4 is 35.3 Å². The number of nitrogens with one attached hydrogen (secondary N) is 2. The molecule has 7 rings (SSSR count). The van der Waals surface area contributed by atoms with E-state index >= 15 is 0 Å². The van der Waals surface area contributed by atoms with E-state index in [9.17, 15) is 4.79 Å². The van der Waals surface area contributed by atoms with Crippen molar-refractivity contribution in [1.82, 2.24) is 20.3 Å². The van der Waals surface area contributed by atoms with E-state index in [1.54, 1.807) is 0 Å². The van der Waals surface area contributed by atoms with E-state index in [4.69, 9.17) is 4.74 Å². The summed E-state index contributed by atoms with van der Waals surface area (Å²) in [6.07, 6.45) is 7.59. The Morgan fingerprint density at radius 1 is 1.00 bits per heavy atom. The van der Waals surface area contributed by atoms with Crippen LogP contribution >= 0.6 is 11.8 Å². The molecule has 1 aliphatic heterocycles. The van der Waals surface area contributed by atoms with Gasteiger partial charge in [0.1, 0.15) is 0 Å². The standard InChI is InChI=1S/C25H32N6O2S/c32-21(30-25-13-17-10-18(14-25)12-19(11-17)15-25)16-34-24-28-22(26-20-4-2-1-3-5-20)27-23(29-24)31-6-8-33-9-7-31/h1-5,17-19H,6-16H2,(H,30,32)(H,26,27,28,29). The summed E-state index contributed by atoms with van der Waals surface area (Å²) in [5, 5.41) is 7.30. The van der Waals surface area contributed by atoms with Crippen LogP contribution in [-0.4, -0.2) is 58.5 Å². The third-order valence-electron chi connectivity index (χ3n) is 7.70. The second-order valence-corrected chi connectivity index (χ2v) is 11.3. The fourth-order valence-corrected chi connectivity index (χ4v) is 7.38. The van der Waals surface area contributed by atoms with Gasteiger partial charge in [-0.05, 0) is 68.4 Å². The van der Waals surface area contributed by atoms with E-state index in [0.29, 0.717) is 36.0 Å². The highest BCUT2D eigenvalue weighted by Crippen LogP contribution is 2.55. The number of ether oxygens (including phenoxy) is 1. The van der Waals surface area contributed by atoms with E-state index < -0.39 is 0 Å². The monoisotopic (exact) mass is 480 g/mol. The molecule has 1 aromatic carbocycles. The van der Waals surface area contributed by atoms with Crippen molar-refractivity contribution in [2.45, 2.75) is 49.2 Å². The number of morpholine rings is 1. The van der Waals surface area contributed by atoms with Gasteiger partial charge in [0.2, 0.25) is 17.8 Å². The normalized spacial score (nSPS) is 29.8. The van der Waals surface area contributed by atoms with Crippen LogP contribution in [0.4, 0.5) is 17.6 Å². The van der Waals surface area contributed by atoms with E-state index in [0.717, 1.165) is 55.8 Å². The number of hydrogen-bond acceptors (Lipinski definition) is 8. The second-order valence-electron chi connectivity index (χ2n) is 10.4. The molecule has 4 saturated carbocycles. The van der Waals surface area contributed by atoms with Crippen molar-refractivity contribution < 1.29 is 9.53 Å². The smallest absolute Gasteiger partial charge is 0.233 e. The lowest BCUT2D eigenvalue weighted by Gasteiger charge is -2.56. The zero-order valence-electron chi connectivity index (χ0n) is 19.4. The van der Waals surface area contributed by atoms with Crippen LogP contribution in [-0.2, 0) is 9.53 Å². The molecular weight excluding hydrogens is 448 g/mol. The van der Waals surface area contributed by atoms with Crippen LogP contribution in [0, 0.1) is 17.8 Å². The number of amides is 1. The molecule has 2 heterocycles. The lowest BCUT2D eigenvalue weighted by Crippen LogP contribution is -2.60. The molecule has 1 amide bonds. The molecule has 2 aromatic rings. The Kier molecular flexibility index (Phi) is 6.07. The van der Waals surface area contributed by atoms with Gasteiger partial charge in [0.05, 0.1) is 19.0 Å². The average Bonchev–Trinajstić information content (AvgIpc) is 2.83. The maximum Gasteiger partial charge on any atom is 0.233 e. The summed E-state index contributed by atoms with van der Waals surface area (Å²) >= 11 is 1.39. The van der Waals surface area contributed by atoms with Gasteiger partial charge in [-0.1, -0.05) is 30.0 Å². The second kappa shape index (κ2) is 9.34. The summed E-state index contributed by atoms with van der Waals surface area (Å²) in [6, 6.07) is 9.86. The predicted molar refractivity (Wildman–Crippen MR) is 132 cm³/mol. The maximum atomic E-state index is 13.0. The zero-order chi connectivity index (χ0) is 23.0. The van der Waals surface area contributed by atoms with Gasteiger partial charge < -0.3 is 20.3 Å². The van der Waals surface area contributed by atoms with Crippen LogP contribution in [0.1, 0.15) is 38.5 Å². The number of hydrogen-bond donors (Lipinski definition) is 2. The number of thioether (sulfide) groups is 1. The van der Waals surface area contributed by atoms with Crippen molar-refractivity contribution in [3.05, 3.63) is 30.3 Å². The van der Waals surface area contributed by atoms with Gasteiger partial charge in [-0.2, -0.15) is 15.0 Å². The Balaban J connectivity index is 1.15. The first-order valence-electron chi connectivity index (χ1n) is 12.5. The third kappa shape index (κ3) is 4.86. The molecule has 8 nitrogen and oxygen atoms in total. The van der Waals surface area contributed by atoms with Crippen molar-refractivity contribution in [2.75, 3.05) is 42.3 Å². The summed E-state index contributed by atoms with van der Waals surface area (Å²) in [5.74, 6) is 3.96. The van der Waals surface area contributed by atoms with Crippen LogP contribution in [0.3, 0.4) is 0 Å². The summed E-state index contributed by atoms with van der Waals surface area (Å²) in [7, 11) is 0. The van der Waals surface area contributed by atoms with Crippen LogP contribution in [0.25, 0.3) is 0 Å². The topological polar surface area (TPSA) is 92.3 Å². The fourth-order valence-electron chi connectivity index (χ4n) is 6.75. The molecule has 5 fully saturated rings. The molecule has 1 saturated heterocycles. The van der Waals surface area contributed by atoms with E-state index in [-0.39, 0.29) is 11.4 Å². The summed E-state index contributed by atoms with van der Waals surface area (Å²) in [5.41, 5.74) is 0.946.